The maximum Gasteiger partial charge on any atom is 0.335 e. The van der Waals surface area contributed by atoms with Crippen LogP contribution in [0.1, 0.15) is 21.7 Å². The molecule has 0 aliphatic heterocycles. The summed E-state index contributed by atoms with van der Waals surface area (Å²) in [4.78, 5) is 22.6. The first-order chi connectivity index (χ1) is 9.86. The van der Waals surface area contributed by atoms with Gasteiger partial charge in [0.25, 0.3) is 0 Å². The third-order valence-corrected chi connectivity index (χ3v) is 2.89. The molecule has 2 N–H and O–H groups in total. The monoisotopic (exact) mass is 291 g/mol. The maximum atomic E-state index is 13.7. The predicted molar refractivity (Wildman–Crippen MR) is 73.7 cm³/mol. The number of halogens is 1. The van der Waals surface area contributed by atoms with Crippen molar-refractivity contribution in [2.24, 2.45) is 0 Å². The molecule has 0 saturated heterocycles. The highest BCUT2D eigenvalue weighted by atomic mass is 19.1. The molecule has 0 saturated carbocycles. The molecule has 0 radical (unpaired) electrons. The first-order valence-electron chi connectivity index (χ1n) is 6.20. The molecule has 0 fully saturated rings. The molecule has 0 unspecified atom stereocenters. The Morgan fingerprint density at radius 1 is 1.33 bits per heavy atom. The minimum Gasteiger partial charge on any atom is -0.478 e. The number of carboxylic acids is 1. The van der Waals surface area contributed by atoms with E-state index in [1.165, 1.54) is 16.8 Å². The van der Waals surface area contributed by atoms with E-state index < -0.39 is 17.7 Å². The molecule has 1 aromatic heterocycles. The van der Waals surface area contributed by atoms with Crippen molar-refractivity contribution in [3.8, 4) is 0 Å². The molecule has 0 aliphatic carbocycles. The van der Waals surface area contributed by atoms with Crippen LogP contribution in [0.25, 0.3) is 0 Å². The second-order valence-electron chi connectivity index (χ2n) is 4.63. The molecule has 6 nitrogen and oxygen atoms in total. The van der Waals surface area contributed by atoms with E-state index in [1.54, 1.807) is 0 Å². The van der Waals surface area contributed by atoms with Gasteiger partial charge in [0.1, 0.15) is 12.4 Å². The number of aromatic nitrogens is 2. The fourth-order valence-electron chi connectivity index (χ4n) is 1.91. The van der Waals surface area contributed by atoms with Gasteiger partial charge >= 0.3 is 5.97 Å². The second kappa shape index (κ2) is 5.74. The van der Waals surface area contributed by atoms with Crippen LogP contribution in [0.15, 0.2) is 24.3 Å². The van der Waals surface area contributed by atoms with Gasteiger partial charge in [-0.05, 0) is 38.1 Å². The highest BCUT2D eigenvalue weighted by Gasteiger charge is 2.12. The normalized spacial score (nSPS) is 10.4. The van der Waals surface area contributed by atoms with Gasteiger partial charge in [-0.1, -0.05) is 0 Å². The largest absolute Gasteiger partial charge is 0.478 e. The van der Waals surface area contributed by atoms with Crippen molar-refractivity contribution in [3.63, 3.8) is 0 Å². The van der Waals surface area contributed by atoms with Crippen molar-refractivity contribution in [1.29, 1.82) is 0 Å². The highest BCUT2D eigenvalue weighted by molar-refractivity contribution is 5.92. The van der Waals surface area contributed by atoms with E-state index in [0.717, 1.165) is 17.5 Å². The van der Waals surface area contributed by atoms with Crippen molar-refractivity contribution in [1.82, 2.24) is 9.78 Å². The number of nitrogens with zero attached hydrogens (tertiary/aromatic N) is 2. The van der Waals surface area contributed by atoms with E-state index in [1.807, 2.05) is 19.9 Å². The molecule has 7 heteroatoms. The van der Waals surface area contributed by atoms with Crippen LogP contribution in [0.5, 0.6) is 0 Å². The summed E-state index contributed by atoms with van der Waals surface area (Å²) in [6.45, 7) is 3.58. The van der Waals surface area contributed by atoms with Crippen LogP contribution in [0.2, 0.25) is 0 Å². The molecule has 2 aromatic rings. The molecular weight excluding hydrogens is 277 g/mol. The Morgan fingerprint density at radius 3 is 2.57 bits per heavy atom. The lowest BCUT2D eigenvalue weighted by atomic mass is 10.2. The van der Waals surface area contributed by atoms with Crippen molar-refractivity contribution in [2.45, 2.75) is 20.4 Å². The van der Waals surface area contributed by atoms with Crippen molar-refractivity contribution < 1.29 is 19.1 Å². The summed E-state index contributed by atoms with van der Waals surface area (Å²) >= 11 is 0. The Balaban J connectivity index is 2.09. The Bertz CT molecular complexity index is 709. The Hall–Kier alpha value is -2.70. The molecule has 0 atom stereocenters. The predicted octanol–water partition coefficient (Wildman–Crippen LogP) is 1.98. The van der Waals surface area contributed by atoms with Crippen LogP contribution in [0, 0.1) is 19.7 Å². The molecule has 0 aliphatic rings. The minimum absolute atomic E-state index is 0.0419. The van der Waals surface area contributed by atoms with Crippen molar-refractivity contribution >= 4 is 17.6 Å². The minimum atomic E-state index is -1.23. The number of anilines is 1. The second-order valence-corrected chi connectivity index (χ2v) is 4.63. The number of carbonyl (C=O) groups is 2. The van der Waals surface area contributed by atoms with Crippen LogP contribution in [-0.2, 0) is 11.3 Å². The van der Waals surface area contributed by atoms with Crippen LogP contribution in [0.4, 0.5) is 10.1 Å². The molecule has 1 heterocycles. The smallest absolute Gasteiger partial charge is 0.335 e. The van der Waals surface area contributed by atoms with Gasteiger partial charge in [-0.15, -0.1) is 0 Å². The molecule has 110 valence electrons. The van der Waals surface area contributed by atoms with Gasteiger partial charge in [0, 0.05) is 5.69 Å². The van der Waals surface area contributed by atoms with Crippen LogP contribution < -0.4 is 5.32 Å². The van der Waals surface area contributed by atoms with E-state index in [-0.39, 0.29) is 17.8 Å². The van der Waals surface area contributed by atoms with Gasteiger partial charge in [0.15, 0.2) is 0 Å². The summed E-state index contributed by atoms with van der Waals surface area (Å²) in [6.07, 6.45) is 0. The lowest BCUT2D eigenvalue weighted by molar-refractivity contribution is -0.117. The average molecular weight is 291 g/mol. The fourth-order valence-corrected chi connectivity index (χ4v) is 1.91. The van der Waals surface area contributed by atoms with Gasteiger partial charge < -0.3 is 10.4 Å². The molecule has 1 aromatic carbocycles. The summed E-state index contributed by atoms with van der Waals surface area (Å²) in [5.41, 5.74) is 1.37. The van der Waals surface area contributed by atoms with E-state index in [9.17, 15) is 14.0 Å². The number of benzene rings is 1. The fraction of sp³-hybridized carbons (Fsp3) is 0.214. The zero-order valence-corrected chi connectivity index (χ0v) is 11.6. The summed E-state index contributed by atoms with van der Waals surface area (Å²) in [7, 11) is 0. The van der Waals surface area contributed by atoms with Gasteiger partial charge in [0.2, 0.25) is 5.91 Å². The summed E-state index contributed by atoms with van der Waals surface area (Å²) < 4.78 is 15.2. The Morgan fingerprint density at radius 2 is 2.05 bits per heavy atom. The van der Waals surface area contributed by atoms with E-state index in [2.05, 4.69) is 10.4 Å². The average Bonchev–Trinajstić information content (AvgIpc) is 2.70. The molecule has 2 rings (SSSR count). The highest BCUT2D eigenvalue weighted by Crippen LogP contribution is 2.16. The quantitative estimate of drug-likeness (QED) is 0.902. The number of hydrogen-bond acceptors (Lipinski definition) is 3. The van der Waals surface area contributed by atoms with Crippen LogP contribution >= 0.6 is 0 Å². The van der Waals surface area contributed by atoms with Gasteiger partial charge in [-0.3, -0.25) is 9.48 Å². The van der Waals surface area contributed by atoms with Gasteiger partial charge in [0.05, 0.1) is 16.9 Å². The van der Waals surface area contributed by atoms with Gasteiger partial charge in [-0.2, -0.15) is 5.10 Å². The van der Waals surface area contributed by atoms with E-state index in [0.29, 0.717) is 0 Å². The third-order valence-electron chi connectivity index (χ3n) is 2.89. The lowest BCUT2D eigenvalue weighted by Gasteiger charge is -2.08. The van der Waals surface area contributed by atoms with Crippen LogP contribution in [-0.4, -0.2) is 26.8 Å². The molecule has 21 heavy (non-hydrogen) atoms. The zero-order chi connectivity index (χ0) is 15.6. The number of rotatable bonds is 4. The SMILES string of the molecule is Cc1cc(C)n(CC(=O)Nc2ccc(C(=O)O)cc2F)n1. The molecule has 0 bridgehead atoms. The van der Waals surface area contributed by atoms with Gasteiger partial charge in [-0.25, -0.2) is 9.18 Å². The molecule has 1 amide bonds. The standard InChI is InChI=1S/C14H14FN3O3/c1-8-5-9(2)18(17-8)7-13(19)16-12-4-3-10(14(20)21)6-11(12)15/h3-6H,7H2,1-2H3,(H,16,19)(H,20,21). The number of carboxylic acid groups (broad SMARTS) is 1. The number of nitrogens with one attached hydrogen (secondary N) is 1. The number of amides is 1. The molecule has 0 spiro atoms. The maximum absolute atomic E-state index is 13.7. The number of aryl methyl sites for hydroxylation is 2. The summed E-state index contributed by atoms with van der Waals surface area (Å²) in [5, 5.41) is 15.3. The zero-order valence-electron chi connectivity index (χ0n) is 11.6. The summed E-state index contributed by atoms with van der Waals surface area (Å²) in [6, 6.07) is 5.14. The number of hydrogen-bond donors (Lipinski definition) is 2. The molecular formula is C14H14FN3O3. The van der Waals surface area contributed by atoms with E-state index >= 15 is 0 Å². The Kier molecular flexibility index (Phi) is 4.02. The number of carbonyl (C=O) groups excluding carboxylic acids is 1. The first kappa shape index (κ1) is 14.7. The topological polar surface area (TPSA) is 84.2 Å². The van der Waals surface area contributed by atoms with Crippen LogP contribution in [0.3, 0.4) is 0 Å². The van der Waals surface area contributed by atoms with Crippen molar-refractivity contribution in [3.05, 3.63) is 47.0 Å². The van der Waals surface area contributed by atoms with Crippen molar-refractivity contribution in [2.75, 3.05) is 5.32 Å². The Labute approximate surface area is 120 Å². The number of aromatic carboxylic acids is 1. The lowest BCUT2D eigenvalue weighted by Crippen LogP contribution is -2.21. The first-order valence-corrected chi connectivity index (χ1v) is 6.20. The summed E-state index contributed by atoms with van der Waals surface area (Å²) in [5.74, 6) is -2.46. The van der Waals surface area contributed by atoms with E-state index in [4.69, 9.17) is 5.11 Å². The third kappa shape index (κ3) is 3.44.